The van der Waals surface area contributed by atoms with Crippen LogP contribution >= 0.6 is 0 Å². The number of aromatic nitrogens is 1. The van der Waals surface area contributed by atoms with Crippen LogP contribution in [0.4, 0.5) is 14.5 Å². The van der Waals surface area contributed by atoms with Gasteiger partial charge in [-0.05, 0) is 11.6 Å². The van der Waals surface area contributed by atoms with E-state index in [2.05, 4.69) is 4.98 Å². The Kier molecular flexibility index (Phi) is 3.32. The quantitative estimate of drug-likeness (QED) is 0.669. The second kappa shape index (κ2) is 4.30. The number of hydrogen-bond acceptors (Lipinski definition) is 4. The van der Waals surface area contributed by atoms with Crippen LogP contribution in [-0.4, -0.2) is 10.1 Å². The maximum absolute atomic E-state index is 12.4. The highest BCUT2D eigenvalue weighted by atomic mass is 19.3. The predicted octanol–water partition coefficient (Wildman–Crippen LogP) is 0.552. The zero-order chi connectivity index (χ0) is 10.7. The topological polar surface area (TPSA) is 85.2 Å². The number of alkyl halides is 2. The van der Waals surface area contributed by atoms with Crippen LogP contribution in [-0.2, 0) is 13.2 Å². The van der Waals surface area contributed by atoms with Crippen molar-refractivity contribution in [1.82, 2.24) is 4.98 Å². The lowest BCUT2D eigenvalue weighted by Crippen LogP contribution is -2.09. The summed E-state index contributed by atoms with van der Waals surface area (Å²) in [6, 6.07) is 1.42. The van der Waals surface area contributed by atoms with Crippen LogP contribution < -0.4 is 11.5 Å². The molecule has 0 aliphatic heterocycles. The smallest absolute Gasteiger partial charge is 0.282 e. The van der Waals surface area contributed by atoms with Gasteiger partial charge in [-0.1, -0.05) is 0 Å². The van der Waals surface area contributed by atoms with Crippen molar-refractivity contribution in [2.75, 3.05) is 5.73 Å². The Bertz CT molecular complexity index is 331. The van der Waals surface area contributed by atoms with E-state index < -0.39 is 18.7 Å². The van der Waals surface area contributed by atoms with Crippen molar-refractivity contribution < 1.29 is 13.9 Å². The second-order valence-corrected chi connectivity index (χ2v) is 2.73. The van der Waals surface area contributed by atoms with E-state index in [1.807, 2.05) is 0 Å². The van der Waals surface area contributed by atoms with E-state index in [0.29, 0.717) is 5.56 Å². The largest absolute Gasteiger partial charge is 0.397 e. The zero-order valence-electron chi connectivity index (χ0n) is 7.37. The maximum Gasteiger partial charge on any atom is 0.282 e. The maximum atomic E-state index is 12.4. The summed E-state index contributed by atoms with van der Waals surface area (Å²) < 4.78 is 24.8. The molecule has 1 aromatic heterocycles. The summed E-state index contributed by atoms with van der Waals surface area (Å²) in [7, 11) is 0. The van der Waals surface area contributed by atoms with Crippen LogP contribution in [0.3, 0.4) is 0 Å². The number of nitrogen functional groups attached to an aromatic ring is 1. The minimum absolute atomic E-state index is 0.0427. The van der Waals surface area contributed by atoms with Crippen molar-refractivity contribution in [1.29, 1.82) is 0 Å². The molecule has 0 saturated heterocycles. The van der Waals surface area contributed by atoms with E-state index in [1.165, 1.54) is 6.07 Å². The molecule has 0 atom stereocenters. The number of nitrogens with two attached hydrogens (primary N) is 2. The number of aliphatic hydroxyl groups is 1. The third-order valence-electron chi connectivity index (χ3n) is 1.82. The van der Waals surface area contributed by atoms with Crippen molar-refractivity contribution in [3.05, 3.63) is 23.0 Å². The fourth-order valence-corrected chi connectivity index (χ4v) is 1.11. The SMILES string of the molecule is NCc1cc(CO)nc(C(F)F)c1N. The van der Waals surface area contributed by atoms with Crippen molar-refractivity contribution >= 4 is 5.69 Å². The van der Waals surface area contributed by atoms with Crippen LogP contribution in [0, 0.1) is 0 Å². The van der Waals surface area contributed by atoms with Crippen molar-refractivity contribution in [3.63, 3.8) is 0 Å². The molecule has 0 amide bonds. The van der Waals surface area contributed by atoms with E-state index in [0.717, 1.165) is 0 Å². The van der Waals surface area contributed by atoms with Gasteiger partial charge in [-0.25, -0.2) is 13.8 Å². The molecule has 0 radical (unpaired) electrons. The van der Waals surface area contributed by atoms with Gasteiger partial charge in [0, 0.05) is 6.54 Å². The number of anilines is 1. The molecule has 0 fully saturated rings. The second-order valence-electron chi connectivity index (χ2n) is 2.73. The van der Waals surface area contributed by atoms with Gasteiger partial charge in [0.25, 0.3) is 6.43 Å². The summed E-state index contributed by atoms with van der Waals surface area (Å²) >= 11 is 0. The predicted molar refractivity (Wildman–Crippen MR) is 47.4 cm³/mol. The average Bonchev–Trinajstić information content (AvgIpc) is 2.17. The van der Waals surface area contributed by atoms with Crippen LogP contribution in [0.1, 0.15) is 23.4 Å². The van der Waals surface area contributed by atoms with E-state index in [4.69, 9.17) is 16.6 Å². The van der Waals surface area contributed by atoms with Gasteiger partial charge in [-0.3, -0.25) is 0 Å². The first kappa shape index (κ1) is 10.8. The fourth-order valence-electron chi connectivity index (χ4n) is 1.11. The fraction of sp³-hybridized carbons (Fsp3) is 0.375. The molecule has 1 rings (SSSR count). The highest BCUT2D eigenvalue weighted by Gasteiger charge is 2.16. The molecule has 0 aromatic carbocycles. The number of rotatable bonds is 3. The Hall–Kier alpha value is -1.27. The molecular weight excluding hydrogens is 192 g/mol. The molecule has 5 N–H and O–H groups in total. The molecule has 0 aliphatic carbocycles. The Balaban J connectivity index is 3.27. The summed E-state index contributed by atoms with van der Waals surface area (Å²) in [6.45, 7) is -0.367. The molecule has 0 bridgehead atoms. The number of halogens is 2. The summed E-state index contributed by atoms with van der Waals surface area (Å²) in [6.07, 6.45) is -2.76. The van der Waals surface area contributed by atoms with Crippen molar-refractivity contribution in [3.8, 4) is 0 Å². The summed E-state index contributed by atoms with van der Waals surface area (Å²) in [5.74, 6) is 0. The number of nitrogens with zero attached hydrogens (tertiary/aromatic N) is 1. The van der Waals surface area contributed by atoms with E-state index in [-0.39, 0.29) is 17.9 Å². The van der Waals surface area contributed by atoms with E-state index >= 15 is 0 Å². The van der Waals surface area contributed by atoms with Gasteiger partial charge in [0.15, 0.2) is 0 Å². The number of hydrogen-bond donors (Lipinski definition) is 3. The highest BCUT2D eigenvalue weighted by molar-refractivity contribution is 5.52. The average molecular weight is 203 g/mol. The van der Waals surface area contributed by atoms with Gasteiger partial charge in [0.05, 0.1) is 18.0 Å². The zero-order valence-corrected chi connectivity index (χ0v) is 7.37. The lowest BCUT2D eigenvalue weighted by atomic mass is 10.1. The first-order valence-electron chi connectivity index (χ1n) is 3.97. The molecule has 14 heavy (non-hydrogen) atoms. The molecule has 4 nitrogen and oxygen atoms in total. The number of aliphatic hydroxyl groups excluding tert-OH is 1. The van der Waals surface area contributed by atoms with Crippen LogP contribution in [0.25, 0.3) is 0 Å². The summed E-state index contributed by atoms with van der Waals surface area (Å²) in [5, 5.41) is 8.77. The first-order chi connectivity index (χ1) is 6.60. The third kappa shape index (κ3) is 1.97. The Morgan fingerprint density at radius 2 is 2.14 bits per heavy atom. The molecular formula is C8H11F2N3O. The Labute approximate surface area is 79.6 Å². The molecule has 0 aliphatic rings. The van der Waals surface area contributed by atoms with Crippen molar-refractivity contribution in [2.45, 2.75) is 19.6 Å². The minimum Gasteiger partial charge on any atom is -0.397 e. The minimum atomic E-state index is -2.76. The van der Waals surface area contributed by atoms with Gasteiger partial charge < -0.3 is 16.6 Å². The summed E-state index contributed by atoms with van der Waals surface area (Å²) in [5.41, 5.74) is 10.6. The monoisotopic (exact) mass is 203 g/mol. The molecule has 1 heterocycles. The molecule has 0 spiro atoms. The summed E-state index contributed by atoms with van der Waals surface area (Å²) in [4.78, 5) is 3.52. The first-order valence-corrected chi connectivity index (χ1v) is 3.97. The van der Waals surface area contributed by atoms with Crippen LogP contribution in [0.2, 0.25) is 0 Å². The van der Waals surface area contributed by atoms with E-state index in [9.17, 15) is 8.78 Å². The van der Waals surface area contributed by atoms with Gasteiger partial charge in [-0.15, -0.1) is 0 Å². The highest BCUT2D eigenvalue weighted by Crippen LogP contribution is 2.26. The van der Waals surface area contributed by atoms with Crippen molar-refractivity contribution in [2.24, 2.45) is 5.73 Å². The normalized spacial score (nSPS) is 10.9. The van der Waals surface area contributed by atoms with E-state index in [1.54, 1.807) is 0 Å². The van der Waals surface area contributed by atoms with Crippen LogP contribution in [0.5, 0.6) is 0 Å². The van der Waals surface area contributed by atoms with Crippen LogP contribution in [0.15, 0.2) is 6.07 Å². The number of pyridine rings is 1. The molecule has 78 valence electrons. The molecule has 1 aromatic rings. The third-order valence-corrected chi connectivity index (χ3v) is 1.82. The molecule has 6 heteroatoms. The van der Waals surface area contributed by atoms with Gasteiger partial charge in [-0.2, -0.15) is 0 Å². The molecule has 0 saturated carbocycles. The standard InChI is InChI=1S/C8H11F2N3O/c9-8(10)7-6(12)4(2-11)1-5(3-14)13-7/h1,8,14H,2-3,11-12H2. The Morgan fingerprint density at radius 1 is 1.50 bits per heavy atom. The van der Waals surface area contributed by atoms with Gasteiger partial charge in [0.2, 0.25) is 0 Å². The molecule has 0 unspecified atom stereocenters. The van der Waals surface area contributed by atoms with Gasteiger partial charge in [0.1, 0.15) is 5.69 Å². The van der Waals surface area contributed by atoms with Gasteiger partial charge >= 0.3 is 0 Å². The lowest BCUT2D eigenvalue weighted by molar-refractivity contribution is 0.146. The Morgan fingerprint density at radius 3 is 2.57 bits per heavy atom. The lowest BCUT2D eigenvalue weighted by Gasteiger charge is -2.10.